The van der Waals surface area contributed by atoms with Crippen LogP contribution in [-0.4, -0.2) is 25.0 Å². The second-order valence-corrected chi connectivity index (χ2v) is 7.67. The Bertz CT molecular complexity index is 1190. The van der Waals surface area contributed by atoms with Crippen LogP contribution in [0.3, 0.4) is 0 Å². The lowest BCUT2D eigenvalue weighted by Crippen LogP contribution is -2.17. The highest BCUT2D eigenvalue weighted by Crippen LogP contribution is 2.35. The summed E-state index contributed by atoms with van der Waals surface area (Å²) >= 11 is 0. The second-order valence-electron chi connectivity index (χ2n) is 6.02. The van der Waals surface area contributed by atoms with Crippen LogP contribution in [0.5, 0.6) is 5.75 Å². The molecule has 30 heavy (non-hydrogen) atoms. The fourth-order valence-electron chi connectivity index (χ4n) is 2.71. The molecule has 0 aliphatic heterocycles. The first-order chi connectivity index (χ1) is 14.0. The number of hydrogen-bond acceptors (Lipinski definition) is 5. The van der Waals surface area contributed by atoms with Gasteiger partial charge >= 0.3 is 6.18 Å². The van der Waals surface area contributed by atoms with Crippen molar-refractivity contribution in [2.45, 2.75) is 11.1 Å². The molecule has 3 aromatic rings. The quantitative estimate of drug-likeness (QED) is 0.456. The second kappa shape index (κ2) is 7.71. The molecule has 1 heterocycles. The molecule has 0 spiro atoms. The summed E-state index contributed by atoms with van der Waals surface area (Å²) in [5.41, 5.74) is -1.64. The van der Waals surface area contributed by atoms with Crippen molar-refractivity contribution in [3.8, 4) is 11.4 Å². The summed E-state index contributed by atoms with van der Waals surface area (Å²) in [6, 6.07) is 8.69. The number of halogens is 3. The van der Waals surface area contributed by atoms with E-state index in [0.29, 0.717) is 6.07 Å². The van der Waals surface area contributed by atoms with Gasteiger partial charge in [-0.05, 0) is 36.4 Å². The predicted molar refractivity (Wildman–Crippen MR) is 101 cm³/mol. The van der Waals surface area contributed by atoms with Crippen LogP contribution in [0.2, 0.25) is 0 Å². The number of ether oxygens (including phenoxy) is 1. The fourth-order valence-corrected chi connectivity index (χ4v) is 3.92. The van der Waals surface area contributed by atoms with E-state index in [0.717, 1.165) is 37.4 Å². The van der Waals surface area contributed by atoms with E-state index in [1.807, 2.05) is 0 Å². The third-order valence-electron chi connectivity index (χ3n) is 4.10. The van der Waals surface area contributed by atoms with Crippen molar-refractivity contribution >= 4 is 21.4 Å². The van der Waals surface area contributed by atoms with E-state index in [1.165, 1.54) is 17.0 Å². The van der Waals surface area contributed by atoms with E-state index in [2.05, 4.69) is 4.72 Å². The maximum atomic E-state index is 13.2. The highest BCUT2D eigenvalue weighted by molar-refractivity contribution is 7.92. The molecular formula is C18H14F3N3O5S. The molecule has 0 saturated heterocycles. The van der Waals surface area contributed by atoms with Crippen LogP contribution in [0.15, 0.2) is 65.8 Å². The Morgan fingerprint density at radius 2 is 1.77 bits per heavy atom. The van der Waals surface area contributed by atoms with Gasteiger partial charge in [0.1, 0.15) is 10.6 Å². The Balaban J connectivity index is 2.11. The number of rotatable bonds is 6. The Labute approximate surface area is 168 Å². The number of nitro groups is 1. The van der Waals surface area contributed by atoms with Crippen molar-refractivity contribution < 1.29 is 31.2 Å². The predicted octanol–water partition coefficient (Wildman–Crippen LogP) is 4.21. The minimum atomic E-state index is -4.69. The zero-order valence-electron chi connectivity index (χ0n) is 15.3. The standard InChI is InChI=1S/C18H14F3N3O5S/c1-29-16-11-13(24(25)26)5-7-17(16)30(27,28)22-14-10-12(18(19,20)21)4-6-15(14)23-8-2-3-9-23/h2-11,22H,1H3. The lowest BCUT2D eigenvalue weighted by atomic mass is 10.1. The molecule has 0 aliphatic carbocycles. The first-order valence-corrected chi connectivity index (χ1v) is 9.71. The number of aromatic nitrogens is 1. The third-order valence-corrected chi connectivity index (χ3v) is 5.50. The number of methoxy groups -OCH3 is 1. The van der Waals surface area contributed by atoms with E-state index in [4.69, 9.17) is 4.74 Å². The van der Waals surface area contributed by atoms with Crippen LogP contribution in [0.1, 0.15) is 5.56 Å². The van der Waals surface area contributed by atoms with Crippen LogP contribution in [0.25, 0.3) is 5.69 Å². The molecule has 0 bridgehead atoms. The minimum absolute atomic E-state index is 0.150. The van der Waals surface area contributed by atoms with Gasteiger partial charge in [-0.2, -0.15) is 13.2 Å². The number of alkyl halides is 3. The summed E-state index contributed by atoms with van der Waals surface area (Å²) in [4.78, 5) is 9.71. The van der Waals surface area contributed by atoms with Gasteiger partial charge in [0.25, 0.3) is 15.7 Å². The molecule has 2 aromatic carbocycles. The molecule has 0 aliphatic rings. The smallest absolute Gasteiger partial charge is 0.416 e. The Morgan fingerprint density at radius 1 is 1.10 bits per heavy atom. The Hall–Kier alpha value is -3.54. The zero-order chi connectivity index (χ0) is 22.1. The van der Waals surface area contributed by atoms with Gasteiger partial charge in [0.2, 0.25) is 0 Å². The molecule has 0 radical (unpaired) electrons. The van der Waals surface area contributed by atoms with Crippen molar-refractivity contribution in [1.29, 1.82) is 0 Å². The van der Waals surface area contributed by atoms with E-state index >= 15 is 0 Å². The van der Waals surface area contributed by atoms with Gasteiger partial charge in [-0.3, -0.25) is 14.8 Å². The average Bonchev–Trinajstić information content (AvgIpc) is 3.20. The number of anilines is 1. The molecule has 1 aromatic heterocycles. The maximum absolute atomic E-state index is 13.2. The molecule has 1 N–H and O–H groups in total. The maximum Gasteiger partial charge on any atom is 0.416 e. The highest BCUT2D eigenvalue weighted by atomic mass is 32.2. The summed E-state index contributed by atoms with van der Waals surface area (Å²) < 4.78 is 73.8. The summed E-state index contributed by atoms with van der Waals surface area (Å²) in [7, 11) is -3.33. The Kier molecular flexibility index (Phi) is 5.44. The van der Waals surface area contributed by atoms with Gasteiger partial charge < -0.3 is 9.30 Å². The van der Waals surface area contributed by atoms with Crippen LogP contribution >= 0.6 is 0 Å². The van der Waals surface area contributed by atoms with Gasteiger partial charge in [-0.25, -0.2) is 8.42 Å². The van der Waals surface area contributed by atoms with E-state index < -0.39 is 37.3 Å². The lowest BCUT2D eigenvalue weighted by Gasteiger charge is -2.17. The number of nitrogens with zero attached hydrogens (tertiary/aromatic N) is 2. The normalized spacial score (nSPS) is 11.9. The van der Waals surface area contributed by atoms with Gasteiger partial charge in [0, 0.05) is 18.5 Å². The van der Waals surface area contributed by atoms with Gasteiger partial charge in [0.05, 0.1) is 35.0 Å². The zero-order valence-corrected chi connectivity index (χ0v) is 16.1. The monoisotopic (exact) mass is 441 g/mol. The van der Waals surface area contributed by atoms with Gasteiger partial charge in [-0.1, -0.05) is 0 Å². The van der Waals surface area contributed by atoms with Crippen molar-refractivity contribution in [2.75, 3.05) is 11.8 Å². The number of sulfonamides is 1. The molecule has 0 unspecified atom stereocenters. The van der Waals surface area contributed by atoms with Crippen molar-refractivity contribution in [3.05, 3.63) is 76.6 Å². The molecule has 0 amide bonds. The van der Waals surface area contributed by atoms with E-state index in [9.17, 15) is 31.7 Å². The number of nitro benzene ring substituents is 1. The molecule has 158 valence electrons. The minimum Gasteiger partial charge on any atom is -0.495 e. The molecule has 3 rings (SSSR count). The Morgan fingerprint density at radius 3 is 2.33 bits per heavy atom. The SMILES string of the molecule is COc1cc([N+](=O)[O-])ccc1S(=O)(=O)Nc1cc(C(F)(F)F)ccc1-n1cccc1. The molecule has 8 nitrogen and oxygen atoms in total. The van der Waals surface area contributed by atoms with Gasteiger partial charge in [0.15, 0.2) is 0 Å². The molecule has 12 heteroatoms. The lowest BCUT2D eigenvalue weighted by molar-refractivity contribution is -0.385. The topological polar surface area (TPSA) is 103 Å². The highest BCUT2D eigenvalue weighted by Gasteiger charge is 2.32. The van der Waals surface area contributed by atoms with Gasteiger partial charge in [-0.15, -0.1) is 0 Å². The van der Waals surface area contributed by atoms with E-state index in [-0.39, 0.29) is 17.1 Å². The van der Waals surface area contributed by atoms with Crippen LogP contribution in [-0.2, 0) is 16.2 Å². The first-order valence-electron chi connectivity index (χ1n) is 8.23. The largest absolute Gasteiger partial charge is 0.495 e. The number of benzene rings is 2. The van der Waals surface area contributed by atoms with Crippen molar-refractivity contribution in [3.63, 3.8) is 0 Å². The van der Waals surface area contributed by atoms with Crippen LogP contribution < -0.4 is 9.46 Å². The number of non-ortho nitro benzene ring substituents is 1. The third kappa shape index (κ3) is 4.22. The fraction of sp³-hybridized carbons (Fsp3) is 0.111. The number of nitrogens with one attached hydrogen (secondary N) is 1. The van der Waals surface area contributed by atoms with Crippen LogP contribution in [0, 0.1) is 10.1 Å². The van der Waals surface area contributed by atoms with Crippen LogP contribution in [0.4, 0.5) is 24.5 Å². The van der Waals surface area contributed by atoms with Crippen molar-refractivity contribution in [1.82, 2.24) is 4.57 Å². The molecule has 0 atom stereocenters. The number of hydrogen-bond donors (Lipinski definition) is 1. The van der Waals surface area contributed by atoms with Crippen molar-refractivity contribution in [2.24, 2.45) is 0 Å². The van der Waals surface area contributed by atoms with E-state index in [1.54, 1.807) is 12.1 Å². The first kappa shape index (κ1) is 21.2. The summed E-state index contributed by atoms with van der Waals surface area (Å²) in [5.74, 6) is -0.328. The summed E-state index contributed by atoms with van der Waals surface area (Å²) in [6.07, 6.45) is -1.62. The average molecular weight is 441 g/mol. The summed E-state index contributed by atoms with van der Waals surface area (Å²) in [6.45, 7) is 0. The molecule has 0 fully saturated rings. The summed E-state index contributed by atoms with van der Waals surface area (Å²) in [5, 5.41) is 10.9. The molecular weight excluding hydrogens is 427 g/mol. The molecule has 0 saturated carbocycles.